The quantitative estimate of drug-likeness (QED) is 0.0458. The maximum absolute atomic E-state index is 12.5. The van der Waals surface area contributed by atoms with Crippen molar-refractivity contribution in [2.45, 2.75) is 231 Å². The van der Waals surface area contributed by atoms with Gasteiger partial charge in [0.2, 0.25) is 5.91 Å². The predicted octanol–water partition coefficient (Wildman–Crippen LogP) is 11.2. The molecular weight excluding hydrogens is 582 g/mol. The van der Waals surface area contributed by atoms with Crippen molar-refractivity contribution < 1.29 is 22.9 Å². The summed E-state index contributed by atoms with van der Waals surface area (Å²) < 4.78 is 32.3. The van der Waals surface area contributed by atoms with Crippen LogP contribution in [0.4, 0.5) is 0 Å². The number of carbonyl (C=O) groups is 1. The van der Waals surface area contributed by atoms with E-state index in [4.69, 9.17) is 0 Å². The molecule has 0 saturated heterocycles. The molecule has 1 amide bonds. The standard InChI is InChI=1S/C38H77NO5S/c1-3-5-7-9-11-13-14-15-16-17-18-19-20-21-22-23-24-26-28-30-32-34-38(41)39-36(35-45(42,43)44)37(40)33-31-29-27-25-12-10-8-6-4-2/h36-37,40H,3-35H2,1-2H3,(H,39,41)(H,42,43,44). The first-order chi connectivity index (χ1) is 21.8. The van der Waals surface area contributed by atoms with Gasteiger partial charge in [0.25, 0.3) is 10.1 Å². The Morgan fingerprint density at radius 3 is 1.11 bits per heavy atom. The SMILES string of the molecule is CCCCCCCCCCCCCCCCCCCCCCCC(=O)NC(CS(=O)(=O)O)C(O)CCCCCCCCCCC. The second-order valence-corrected chi connectivity index (χ2v) is 15.4. The summed E-state index contributed by atoms with van der Waals surface area (Å²) in [5.74, 6) is -0.885. The lowest BCUT2D eigenvalue weighted by atomic mass is 10.0. The molecule has 0 spiro atoms. The summed E-state index contributed by atoms with van der Waals surface area (Å²) in [4.78, 5) is 12.5. The monoisotopic (exact) mass is 660 g/mol. The summed E-state index contributed by atoms with van der Waals surface area (Å²) >= 11 is 0. The van der Waals surface area contributed by atoms with E-state index < -0.39 is 28.0 Å². The number of rotatable bonds is 36. The summed E-state index contributed by atoms with van der Waals surface area (Å²) in [7, 11) is -4.29. The maximum atomic E-state index is 12.5. The number of carbonyl (C=O) groups excluding carboxylic acids is 1. The van der Waals surface area contributed by atoms with Crippen LogP contribution in [0.25, 0.3) is 0 Å². The van der Waals surface area contributed by atoms with Crippen molar-refractivity contribution in [3.63, 3.8) is 0 Å². The zero-order chi connectivity index (χ0) is 33.3. The molecule has 2 atom stereocenters. The van der Waals surface area contributed by atoms with E-state index in [0.29, 0.717) is 12.8 Å². The van der Waals surface area contributed by atoms with Crippen molar-refractivity contribution in [1.82, 2.24) is 5.32 Å². The van der Waals surface area contributed by atoms with Gasteiger partial charge in [-0.15, -0.1) is 0 Å². The van der Waals surface area contributed by atoms with Gasteiger partial charge >= 0.3 is 0 Å². The Morgan fingerprint density at radius 2 is 0.800 bits per heavy atom. The average Bonchev–Trinajstić information content (AvgIpc) is 3.00. The van der Waals surface area contributed by atoms with Gasteiger partial charge in [-0.2, -0.15) is 8.42 Å². The lowest BCUT2D eigenvalue weighted by molar-refractivity contribution is -0.122. The highest BCUT2D eigenvalue weighted by atomic mass is 32.2. The fourth-order valence-electron chi connectivity index (χ4n) is 6.34. The fraction of sp³-hybridized carbons (Fsp3) is 0.974. The van der Waals surface area contributed by atoms with Crippen molar-refractivity contribution in [2.24, 2.45) is 0 Å². The molecule has 0 bridgehead atoms. The average molecular weight is 660 g/mol. The number of nitrogens with one attached hydrogen (secondary N) is 1. The Hall–Kier alpha value is -0.660. The molecule has 7 heteroatoms. The molecule has 0 aliphatic carbocycles. The smallest absolute Gasteiger partial charge is 0.266 e. The number of amides is 1. The Balaban J connectivity index is 3.73. The normalized spacial score (nSPS) is 13.2. The second kappa shape index (κ2) is 33.2. The third kappa shape index (κ3) is 34.5. The van der Waals surface area contributed by atoms with Crippen molar-refractivity contribution in [2.75, 3.05) is 5.75 Å². The van der Waals surface area contributed by atoms with E-state index in [1.165, 1.54) is 154 Å². The third-order valence-electron chi connectivity index (χ3n) is 9.31. The van der Waals surface area contributed by atoms with Crippen LogP contribution in [0, 0.1) is 0 Å². The lowest BCUT2D eigenvalue weighted by Gasteiger charge is -2.23. The van der Waals surface area contributed by atoms with Crippen LogP contribution in [0.2, 0.25) is 0 Å². The summed E-state index contributed by atoms with van der Waals surface area (Å²) in [6.07, 6.45) is 37.8. The molecule has 0 radical (unpaired) electrons. The van der Waals surface area contributed by atoms with E-state index in [1.807, 2.05) is 0 Å². The van der Waals surface area contributed by atoms with Crippen molar-refractivity contribution in [3.8, 4) is 0 Å². The Kier molecular flexibility index (Phi) is 32.8. The van der Waals surface area contributed by atoms with E-state index in [1.54, 1.807) is 0 Å². The van der Waals surface area contributed by atoms with Gasteiger partial charge in [-0.25, -0.2) is 0 Å². The largest absolute Gasteiger partial charge is 0.391 e. The molecular formula is C38H77NO5S. The molecule has 0 aliphatic rings. The molecule has 0 aromatic heterocycles. The first-order valence-corrected chi connectivity index (χ1v) is 21.3. The van der Waals surface area contributed by atoms with Crippen LogP contribution in [0.3, 0.4) is 0 Å². The van der Waals surface area contributed by atoms with Crippen LogP contribution in [-0.2, 0) is 14.9 Å². The minimum absolute atomic E-state index is 0.243. The van der Waals surface area contributed by atoms with Crippen molar-refractivity contribution in [3.05, 3.63) is 0 Å². The molecule has 0 aromatic carbocycles. The minimum atomic E-state index is -4.29. The van der Waals surface area contributed by atoms with E-state index in [9.17, 15) is 22.9 Å². The van der Waals surface area contributed by atoms with Crippen LogP contribution in [-0.4, -0.2) is 41.9 Å². The molecule has 0 saturated carbocycles. The zero-order valence-electron chi connectivity index (χ0n) is 30.0. The van der Waals surface area contributed by atoms with Gasteiger partial charge in [-0.1, -0.05) is 200 Å². The van der Waals surface area contributed by atoms with Gasteiger partial charge < -0.3 is 10.4 Å². The predicted molar refractivity (Wildman–Crippen MR) is 193 cm³/mol. The van der Waals surface area contributed by atoms with E-state index >= 15 is 0 Å². The maximum Gasteiger partial charge on any atom is 0.266 e. The van der Waals surface area contributed by atoms with Gasteiger partial charge in [-0.05, 0) is 12.8 Å². The Bertz CT molecular complexity index is 730. The number of aliphatic hydroxyl groups is 1. The zero-order valence-corrected chi connectivity index (χ0v) is 30.8. The summed E-state index contributed by atoms with van der Waals surface area (Å²) in [6, 6.07) is -0.962. The Morgan fingerprint density at radius 1 is 0.511 bits per heavy atom. The van der Waals surface area contributed by atoms with Crippen LogP contribution in [0.5, 0.6) is 0 Å². The number of aliphatic hydroxyl groups excluding tert-OH is 1. The van der Waals surface area contributed by atoms with Gasteiger partial charge in [0.1, 0.15) is 0 Å². The number of unbranched alkanes of at least 4 members (excludes halogenated alkanes) is 28. The number of hydrogen-bond acceptors (Lipinski definition) is 4. The highest BCUT2D eigenvalue weighted by Gasteiger charge is 2.26. The Labute approximate surface area is 280 Å². The van der Waals surface area contributed by atoms with Crippen LogP contribution in [0.1, 0.15) is 219 Å². The molecule has 0 aliphatic heterocycles. The number of hydrogen-bond donors (Lipinski definition) is 3. The molecule has 0 heterocycles. The highest BCUT2D eigenvalue weighted by molar-refractivity contribution is 7.85. The van der Waals surface area contributed by atoms with Crippen molar-refractivity contribution in [1.29, 1.82) is 0 Å². The fourth-order valence-corrected chi connectivity index (χ4v) is 7.10. The lowest BCUT2D eigenvalue weighted by Crippen LogP contribution is -2.47. The molecule has 2 unspecified atom stereocenters. The summed E-state index contributed by atoms with van der Waals surface area (Å²) in [5.41, 5.74) is 0. The highest BCUT2D eigenvalue weighted by Crippen LogP contribution is 2.16. The van der Waals surface area contributed by atoms with Crippen LogP contribution >= 0.6 is 0 Å². The van der Waals surface area contributed by atoms with E-state index in [0.717, 1.165) is 38.5 Å². The van der Waals surface area contributed by atoms with Gasteiger partial charge in [0, 0.05) is 6.42 Å². The molecule has 6 nitrogen and oxygen atoms in total. The van der Waals surface area contributed by atoms with Crippen LogP contribution < -0.4 is 5.32 Å². The van der Waals surface area contributed by atoms with E-state index in [2.05, 4.69) is 19.2 Å². The molecule has 0 aromatic rings. The van der Waals surface area contributed by atoms with Crippen molar-refractivity contribution >= 4 is 16.0 Å². The first kappa shape index (κ1) is 44.3. The third-order valence-corrected chi connectivity index (χ3v) is 10.1. The molecule has 3 N–H and O–H groups in total. The summed E-state index contributed by atoms with van der Waals surface area (Å²) in [6.45, 7) is 4.49. The second-order valence-electron chi connectivity index (χ2n) is 13.9. The van der Waals surface area contributed by atoms with Gasteiger partial charge in [0.05, 0.1) is 17.9 Å². The first-order valence-electron chi connectivity index (χ1n) is 19.7. The summed E-state index contributed by atoms with van der Waals surface area (Å²) in [5, 5.41) is 13.3. The minimum Gasteiger partial charge on any atom is -0.391 e. The topological polar surface area (TPSA) is 104 Å². The molecule has 270 valence electrons. The molecule has 0 fully saturated rings. The van der Waals surface area contributed by atoms with Crippen LogP contribution in [0.15, 0.2) is 0 Å². The van der Waals surface area contributed by atoms with Gasteiger partial charge in [-0.3, -0.25) is 9.35 Å². The molecule has 45 heavy (non-hydrogen) atoms. The molecule has 0 rings (SSSR count). The van der Waals surface area contributed by atoms with E-state index in [-0.39, 0.29) is 5.91 Å². The van der Waals surface area contributed by atoms with Gasteiger partial charge in [0.15, 0.2) is 0 Å².